The maximum Gasteiger partial charge on any atom is 0.143 e. The zero-order chi connectivity index (χ0) is 11.8. The van der Waals surface area contributed by atoms with E-state index in [1.54, 1.807) is 13.3 Å². The van der Waals surface area contributed by atoms with Crippen molar-refractivity contribution in [3.05, 3.63) is 28.3 Å². The number of nitrogens with zero attached hydrogens (tertiary/aromatic N) is 4. The third-order valence-corrected chi connectivity index (χ3v) is 2.34. The van der Waals surface area contributed by atoms with Crippen LogP contribution in [0.25, 0.3) is 0 Å². The molecule has 0 saturated heterocycles. The van der Waals surface area contributed by atoms with Crippen LogP contribution in [0.4, 0.5) is 0 Å². The second kappa shape index (κ2) is 6.86. The number of hydrogen-bond donors (Lipinski definition) is 1. The van der Waals surface area contributed by atoms with Gasteiger partial charge in [-0.3, -0.25) is 9.98 Å². The number of hydrogen-bond acceptors (Lipinski definition) is 3. The summed E-state index contributed by atoms with van der Waals surface area (Å²) in [5.74, 6) is 3.27. The molecule has 0 aromatic carbocycles. The van der Waals surface area contributed by atoms with Gasteiger partial charge in [0, 0.05) is 19.1 Å². The summed E-state index contributed by atoms with van der Waals surface area (Å²) in [6.07, 6.45) is 6.13. The van der Waals surface area contributed by atoms with E-state index in [0.717, 1.165) is 9.28 Å². The van der Waals surface area contributed by atoms with Gasteiger partial charge >= 0.3 is 0 Å². The predicted molar refractivity (Wildman–Crippen MR) is 76.7 cm³/mol. The Morgan fingerprint density at radius 1 is 1.69 bits per heavy atom. The van der Waals surface area contributed by atoms with E-state index in [0.29, 0.717) is 5.84 Å². The molecule has 0 atom stereocenters. The zero-order valence-electron chi connectivity index (χ0n) is 8.68. The fraction of sp³-hybridized carbons (Fsp3) is 0.100. The van der Waals surface area contributed by atoms with Gasteiger partial charge in [-0.25, -0.2) is 4.99 Å². The number of aliphatic imine (C=N–C) groups is 4. The van der Waals surface area contributed by atoms with Crippen LogP contribution >= 0.6 is 22.6 Å². The lowest BCUT2D eigenvalue weighted by Gasteiger charge is -2.05. The average Bonchev–Trinajstić information content (AvgIpc) is 2.49. The number of halogens is 1. The molecule has 0 aromatic heterocycles. The lowest BCUT2D eigenvalue weighted by molar-refractivity contribution is 1.27. The van der Waals surface area contributed by atoms with Gasteiger partial charge < -0.3 is 5.32 Å². The van der Waals surface area contributed by atoms with Crippen LogP contribution in [0.15, 0.2) is 48.2 Å². The lowest BCUT2D eigenvalue weighted by Crippen LogP contribution is -2.21. The van der Waals surface area contributed by atoms with Gasteiger partial charge in [0.2, 0.25) is 0 Å². The molecule has 6 heteroatoms. The third kappa shape index (κ3) is 3.56. The third-order valence-electron chi connectivity index (χ3n) is 1.52. The van der Waals surface area contributed by atoms with Crippen LogP contribution in [-0.4, -0.2) is 31.3 Å². The van der Waals surface area contributed by atoms with Gasteiger partial charge in [-0.1, -0.05) is 6.58 Å². The van der Waals surface area contributed by atoms with Crippen LogP contribution in [0.5, 0.6) is 0 Å². The summed E-state index contributed by atoms with van der Waals surface area (Å²) < 4.78 is 0.743. The van der Waals surface area contributed by atoms with Crippen LogP contribution in [0.3, 0.4) is 0 Å². The maximum atomic E-state index is 4.13. The second-order valence-electron chi connectivity index (χ2n) is 2.55. The van der Waals surface area contributed by atoms with Crippen molar-refractivity contribution in [2.75, 3.05) is 7.05 Å². The van der Waals surface area contributed by atoms with Gasteiger partial charge in [0.15, 0.2) is 0 Å². The molecule has 1 aliphatic heterocycles. The normalized spacial score (nSPS) is 15.8. The smallest absolute Gasteiger partial charge is 0.143 e. The summed E-state index contributed by atoms with van der Waals surface area (Å²) in [7, 11) is 1.65. The molecule has 0 saturated carbocycles. The zero-order valence-corrected chi connectivity index (χ0v) is 10.8. The Balaban J connectivity index is 3.12. The minimum absolute atomic E-state index is 0.592. The van der Waals surface area contributed by atoms with Crippen molar-refractivity contribution < 1.29 is 0 Å². The highest BCUT2D eigenvalue weighted by molar-refractivity contribution is 14.1. The molecule has 1 aliphatic rings. The van der Waals surface area contributed by atoms with E-state index in [-0.39, 0.29) is 0 Å². The second-order valence-corrected chi connectivity index (χ2v) is 3.57. The molecule has 1 rings (SSSR count). The Bertz CT molecular complexity index is 450. The molecule has 0 aliphatic carbocycles. The van der Waals surface area contributed by atoms with Crippen LogP contribution < -0.4 is 5.32 Å². The van der Waals surface area contributed by atoms with Crippen molar-refractivity contribution in [3.8, 4) is 0 Å². The summed E-state index contributed by atoms with van der Waals surface area (Å²) in [6, 6.07) is 0. The Kier molecular flexibility index (Phi) is 5.38. The number of amidine groups is 1. The van der Waals surface area contributed by atoms with Crippen LogP contribution in [-0.2, 0) is 0 Å². The standard InChI is InChI=1S/C10H10IN5/c1-3-14-10(16-7-12-2)8-6-13-4-5-15-9(8)11/h3-4,6-7H,1H2,2H3,(H,12,14,16). The van der Waals surface area contributed by atoms with Crippen molar-refractivity contribution >= 4 is 46.8 Å². The molecule has 0 aromatic rings. The van der Waals surface area contributed by atoms with Gasteiger partial charge in [-0.15, -0.1) is 0 Å². The molecule has 5 nitrogen and oxygen atoms in total. The SMILES string of the molecule is C=CNC(=NC=NC)C1=C(I)N=C=CN=C1. The largest absolute Gasteiger partial charge is 0.347 e. The maximum absolute atomic E-state index is 4.13. The van der Waals surface area contributed by atoms with Gasteiger partial charge in [0.05, 0.1) is 11.8 Å². The molecular formula is C10H10IN5. The van der Waals surface area contributed by atoms with Gasteiger partial charge in [0.1, 0.15) is 15.9 Å². The molecule has 16 heavy (non-hydrogen) atoms. The summed E-state index contributed by atoms with van der Waals surface area (Å²) in [4.78, 5) is 16.0. The van der Waals surface area contributed by atoms with Crippen LogP contribution in [0, 0.1) is 0 Å². The molecule has 0 bridgehead atoms. The van der Waals surface area contributed by atoms with Gasteiger partial charge in [-0.2, -0.15) is 4.99 Å². The first-order valence-electron chi connectivity index (χ1n) is 4.36. The molecule has 0 unspecified atom stereocenters. The molecule has 1 heterocycles. The first-order valence-corrected chi connectivity index (χ1v) is 5.44. The summed E-state index contributed by atoms with van der Waals surface area (Å²) in [5.41, 5.74) is 0.765. The Hall–Kier alpha value is -1.53. The molecule has 0 spiro atoms. The Morgan fingerprint density at radius 2 is 2.50 bits per heavy atom. The molecular weight excluding hydrogens is 317 g/mol. The summed E-state index contributed by atoms with van der Waals surface area (Å²) in [6.45, 7) is 3.59. The Labute approximate surface area is 107 Å². The van der Waals surface area contributed by atoms with E-state index >= 15 is 0 Å². The van der Waals surface area contributed by atoms with Crippen LogP contribution in [0.1, 0.15) is 0 Å². The molecule has 0 radical (unpaired) electrons. The summed E-state index contributed by atoms with van der Waals surface area (Å²) in [5, 5.41) is 2.91. The monoisotopic (exact) mass is 327 g/mol. The van der Waals surface area contributed by atoms with E-state index in [2.05, 4.69) is 60.3 Å². The molecule has 0 fully saturated rings. The summed E-state index contributed by atoms with van der Waals surface area (Å²) >= 11 is 2.09. The predicted octanol–water partition coefficient (Wildman–Crippen LogP) is 1.69. The van der Waals surface area contributed by atoms with Gasteiger partial charge in [-0.05, 0) is 28.8 Å². The van der Waals surface area contributed by atoms with E-state index in [9.17, 15) is 0 Å². The highest BCUT2D eigenvalue weighted by Gasteiger charge is 2.08. The Morgan fingerprint density at radius 3 is 3.19 bits per heavy atom. The average molecular weight is 327 g/mol. The van der Waals surface area contributed by atoms with E-state index in [4.69, 9.17) is 0 Å². The molecule has 1 N–H and O–H groups in total. The van der Waals surface area contributed by atoms with Crippen LogP contribution in [0.2, 0.25) is 0 Å². The highest BCUT2D eigenvalue weighted by atomic mass is 127. The first-order chi connectivity index (χ1) is 7.79. The molecule has 0 amide bonds. The number of nitrogens with one attached hydrogen (secondary N) is 1. The number of rotatable bonds is 3. The minimum atomic E-state index is 0.592. The topological polar surface area (TPSA) is 61.5 Å². The van der Waals surface area contributed by atoms with Crippen molar-refractivity contribution in [2.45, 2.75) is 0 Å². The van der Waals surface area contributed by atoms with Gasteiger partial charge in [0.25, 0.3) is 0 Å². The lowest BCUT2D eigenvalue weighted by atomic mass is 10.3. The highest BCUT2D eigenvalue weighted by Crippen LogP contribution is 2.14. The molecule has 82 valence electrons. The van der Waals surface area contributed by atoms with Crippen molar-refractivity contribution in [2.24, 2.45) is 20.0 Å². The van der Waals surface area contributed by atoms with Crippen molar-refractivity contribution in [3.63, 3.8) is 0 Å². The fourth-order valence-corrected chi connectivity index (χ4v) is 1.43. The quantitative estimate of drug-likeness (QED) is 0.365. The van der Waals surface area contributed by atoms with E-state index < -0.39 is 0 Å². The first kappa shape index (κ1) is 12.5. The van der Waals surface area contributed by atoms with Crippen molar-refractivity contribution in [1.82, 2.24) is 5.32 Å². The minimum Gasteiger partial charge on any atom is -0.347 e. The van der Waals surface area contributed by atoms with E-state index in [1.807, 2.05) is 0 Å². The van der Waals surface area contributed by atoms with E-state index in [1.165, 1.54) is 18.7 Å². The van der Waals surface area contributed by atoms with Crippen molar-refractivity contribution in [1.29, 1.82) is 0 Å². The fourth-order valence-electron chi connectivity index (χ4n) is 0.900.